The molecule has 0 aliphatic heterocycles. The number of carbonyl (C=O) groups excluding carboxylic acids is 1. The maximum atomic E-state index is 12.3. The Balaban J connectivity index is 2.00. The van der Waals surface area contributed by atoms with Crippen LogP contribution in [0.25, 0.3) is 0 Å². The van der Waals surface area contributed by atoms with Crippen molar-refractivity contribution in [1.29, 1.82) is 0 Å². The van der Waals surface area contributed by atoms with Gasteiger partial charge in [-0.3, -0.25) is 18.7 Å². The molecule has 1 unspecified atom stereocenters. The van der Waals surface area contributed by atoms with Crippen LogP contribution in [0.3, 0.4) is 0 Å². The summed E-state index contributed by atoms with van der Waals surface area (Å²) in [4.78, 5) is 35.9. The molecule has 1 aromatic heterocycles. The molecular weight excluding hydrogens is 342 g/mol. The van der Waals surface area contributed by atoms with Crippen molar-refractivity contribution < 1.29 is 9.53 Å². The van der Waals surface area contributed by atoms with E-state index in [1.54, 1.807) is 45.3 Å². The van der Waals surface area contributed by atoms with Gasteiger partial charge in [-0.15, -0.1) is 11.8 Å². The average Bonchev–Trinajstić information content (AvgIpc) is 2.62. The first-order chi connectivity index (χ1) is 11.8. The van der Waals surface area contributed by atoms with Gasteiger partial charge in [0, 0.05) is 37.3 Å². The second kappa shape index (κ2) is 8.06. The topological polar surface area (TPSA) is 82.3 Å². The van der Waals surface area contributed by atoms with E-state index in [-0.39, 0.29) is 22.4 Å². The Kier molecular flexibility index (Phi) is 6.08. The number of hydrogen-bond acceptors (Lipinski definition) is 5. The molecule has 1 N–H and O–H groups in total. The molecule has 1 aromatic carbocycles. The van der Waals surface area contributed by atoms with Crippen LogP contribution in [0.2, 0.25) is 0 Å². The van der Waals surface area contributed by atoms with Crippen molar-refractivity contribution in [2.24, 2.45) is 14.1 Å². The number of aromatic nitrogens is 2. The normalized spacial score (nSPS) is 11.8. The Hall–Kier alpha value is -2.48. The molecule has 1 atom stereocenters. The van der Waals surface area contributed by atoms with Gasteiger partial charge in [0.1, 0.15) is 5.75 Å². The molecule has 1 heterocycles. The van der Waals surface area contributed by atoms with Gasteiger partial charge in [-0.1, -0.05) is 0 Å². The maximum absolute atomic E-state index is 12.3. The van der Waals surface area contributed by atoms with Crippen molar-refractivity contribution in [3.63, 3.8) is 0 Å². The van der Waals surface area contributed by atoms with Crippen molar-refractivity contribution in [2.75, 3.05) is 12.4 Å². The summed E-state index contributed by atoms with van der Waals surface area (Å²) in [5.41, 5.74) is 0.536. The van der Waals surface area contributed by atoms with Crippen molar-refractivity contribution in [3.8, 4) is 5.75 Å². The van der Waals surface area contributed by atoms with Crippen LogP contribution in [0.4, 0.5) is 5.69 Å². The minimum atomic E-state index is -0.376. The summed E-state index contributed by atoms with van der Waals surface area (Å²) in [5.74, 6) is 0.954. The summed E-state index contributed by atoms with van der Waals surface area (Å²) in [5, 5.41) is 2.48. The van der Waals surface area contributed by atoms with Crippen molar-refractivity contribution in [3.05, 3.63) is 56.9 Å². The van der Waals surface area contributed by atoms with Crippen LogP contribution in [0, 0.1) is 0 Å². The van der Waals surface area contributed by atoms with Crippen molar-refractivity contribution in [2.45, 2.75) is 17.9 Å². The molecule has 0 aliphatic rings. The zero-order chi connectivity index (χ0) is 18.6. The molecule has 0 bridgehead atoms. The Morgan fingerprint density at radius 3 is 2.44 bits per heavy atom. The molecule has 0 radical (unpaired) electrons. The summed E-state index contributed by atoms with van der Waals surface area (Å²) in [6, 6.07) is 8.48. The fourth-order valence-corrected chi connectivity index (χ4v) is 3.03. The van der Waals surface area contributed by atoms with E-state index in [1.165, 1.54) is 29.4 Å². The van der Waals surface area contributed by atoms with Gasteiger partial charge in [-0.2, -0.15) is 0 Å². The third-order valence-corrected chi connectivity index (χ3v) is 5.01. The van der Waals surface area contributed by atoms with Crippen LogP contribution in [0.1, 0.15) is 12.6 Å². The lowest BCUT2D eigenvalue weighted by Crippen LogP contribution is -2.38. The van der Waals surface area contributed by atoms with E-state index in [1.807, 2.05) is 0 Å². The standard InChI is InChI=1S/C17H21N3O4S/c1-11(16(22)18-12-5-7-14(24-4)8-6-12)25-10-13-9-15(21)20(3)17(23)19(13)2/h5-9,11H,10H2,1-4H3,(H,18,22). The van der Waals surface area contributed by atoms with Crippen LogP contribution >= 0.6 is 11.8 Å². The highest BCUT2D eigenvalue weighted by Gasteiger charge is 2.15. The molecule has 0 saturated heterocycles. The third kappa shape index (κ3) is 4.54. The lowest BCUT2D eigenvalue weighted by Gasteiger charge is -2.14. The summed E-state index contributed by atoms with van der Waals surface area (Å²) in [6.45, 7) is 1.78. The number of nitrogens with one attached hydrogen (secondary N) is 1. The van der Waals surface area contributed by atoms with E-state index < -0.39 is 0 Å². The average molecular weight is 363 g/mol. The molecule has 0 aliphatic carbocycles. The highest BCUT2D eigenvalue weighted by atomic mass is 32.2. The zero-order valence-electron chi connectivity index (χ0n) is 14.6. The van der Waals surface area contributed by atoms with E-state index in [4.69, 9.17) is 4.74 Å². The first kappa shape index (κ1) is 18.9. The largest absolute Gasteiger partial charge is 0.497 e. The summed E-state index contributed by atoms with van der Waals surface area (Å²) >= 11 is 1.36. The maximum Gasteiger partial charge on any atom is 0.330 e. The van der Waals surface area contributed by atoms with Gasteiger partial charge < -0.3 is 10.1 Å². The molecule has 7 nitrogen and oxygen atoms in total. The monoisotopic (exact) mass is 363 g/mol. The van der Waals surface area contributed by atoms with Crippen LogP contribution in [0.5, 0.6) is 5.75 Å². The quantitative estimate of drug-likeness (QED) is 0.838. The summed E-state index contributed by atoms with van der Waals surface area (Å²) in [6.07, 6.45) is 0. The number of nitrogens with zero attached hydrogens (tertiary/aromatic N) is 2. The molecular formula is C17H21N3O4S. The highest BCUT2D eigenvalue weighted by molar-refractivity contribution is 7.99. The van der Waals surface area contributed by atoms with Crippen LogP contribution in [-0.4, -0.2) is 27.4 Å². The first-order valence-corrected chi connectivity index (χ1v) is 8.71. The molecule has 0 spiro atoms. The fraction of sp³-hybridized carbons (Fsp3) is 0.353. The zero-order valence-corrected chi connectivity index (χ0v) is 15.4. The van der Waals surface area contributed by atoms with Gasteiger partial charge in [-0.25, -0.2) is 4.79 Å². The van der Waals surface area contributed by atoms with Crippen molar-refractivity contribution in [1.82, 2.24) is 9.13 Å². The van der Waals surface area contributed by atoms with Gasteiger partial charge in [0.05, 0.1) is 12.4 Å². The second-order valence-electron chi connectivity index (χ2n) is 5.55. The van der Waals surface area contributed by atoms with Crippen LogP contribution in [-0.2, 0) is 24.6 Å². The minimum absolute atomic E-state index is 0.149. The number of benzene rings is 1. The number of carbonyl (C=O) groups is 1. The second-order valence-corrected chi connectivity index (χ2v) is 6.87. The number of thioether (sulfide) groups is 1. The number of methoxy groups -OCH3 is 1. The molecule has 25 heavy (non-hydrogen) atoms. The van der Waals surface area contributed by atoms with Gasteiger partial charge in [-0.05, 0) is 31.2 Å². The first-order valence-electron chi connectivity index (χ1n) is 7.66. The van der Waals surface area contributed by atoms with E-state index >= 15 is 0 Å². The van der Waals surface area contributed by atoms with E-state index in [2.05, 4.69) is 5.32 Å². The van der Waals surface area contributed by atoms with Crippen LogP contribution < -0.4 is 21.3 Å². The fourth-order valence-electron chi connectivity index (χ4n) is 2.12. The van der Waals surface area contributed by atoms with Gasteiger partial charge >= 0.3 is 5.69 Å². The Bertz CT molecular complexity index is 871. The molecule has 2 rings (SSSR count). The smallest absolute Gasteiger partial charge is 0.330 e. The highest BCUT2D eigenvalue weighted by Crippen LogP contribution is 2.19. The number of amides is 1. The lowest BCUT2D eigenvalue weighted by molar-refractivity contribution is -0.115. The molecule has 0 fully saturated rings. The molecule has 8 heteroatoms. The minimum Gasteiger partial charge on any atom is -0.497 e. The number of ether oxygens (including phenoxy) is 1. The predicted octanol–water partition coefficient (Wildman–Crippen LogP) is 1.35. The van der Waals surface area contributed by atoms with E-state index in [0.29, 0.717) is 22.9 Å². The predicted molar refractivity (Wildman–Crippen MR) is 99.3 cm³/mol. The lowest BCUT2D eigenvalue weighted by atomic mass is 10.3. The molecule has 1 amide bonds. The van der Waals surface area contributed by atoms with Crippen LogP contribution in [0.15, 0.2) is 39.9 Å². The van der Waals surface area contributed by atoms with E-state index in [0.717, 1.165) is 4.57 Å². The molecule has 0 saturated carbocycles. The van der Waals surface area contributed by atoms with Crippen molar-refractivity contribution >= 4 is 23.4 Å². The molecule has 134 valence electrons. The van der Waals surface area contributed by atoms with Gasteiger partial charge in [0.25, 0.3) is 5.56 Å². The number of hydrogen-bond donors (Lipinski definition) is 1. The van der Waals surface area contributed by atoms with Gasteiger partial charge in [0.15, 0.2) is 0 Å². The Morgan fingerprint density at radius 2 is 1.84 bits per heavy atom. The van der Waals surface area contributed by atoms with Gasteiger partial charge in [0.2, 0.25) is 5.91 Å². The van der Waals surface area contributed by atoms with E-state index in [9.17, 15) is 14.4 Å². The Morgan fingerprint density at radius 1 is 1.20 bits per heavy atom. The SMILES string of the molecule is COc1ccc(NC(=O)C(C)SCc2cc(=O)n(C)c(=O)n2C)cc1. The Labute approximate surface area is 149 Å². The number of anilines is 1. The number of rotatable bonds is 6. The third-order valence-electron chi connectivity index (χ3n) is 3.83. The summed E-state index contributed by atoms with van der Waals surface area (Å²) in [7, 11) is 4.63. The summed E-state index contributed by atoms with van der Waals surface area (Å²) < 4.78 is 7.54. The molecule has 2 aromatic rings.